The summed E-state index contributed by atoms with van der Waals surface area (Å²) in [6.45, 7) is 7.44. The number of aliphatic hydroxyl groups is 2. The second-order valence-electron chi connectivity index (χ2n) is 4.54. The van der Waals surface area contributed by atoms with E-state index in [1.807, 2.05) is 27.7 Å². The molecule has 0 radical (unpaired) electrons. The predicted molar refractivity (Wildman–Crippen MR) is 45.8 cm³/mol. The van der Waals surface area contributed by atoms with E-state index < -0.39 is 17.3 Å². The number of rotatable bonds is 1. The average Bonchev–Trinajstić information content (AvgIpc) is 1.98. The van der Waals surface area contributed by atoms with Gasteiger partial charge in [0, 0.05) is 5.92 Å². The zero-order valence-electron chi connectivity index (χ0n) is 8.16. The summed E-state index contributed by atoms with van der Waals surface area (Å²) in [7, 11) is 0. The lowest BCUT2D eigenvalue weighted by molar-refractivity contribution is -0.0918. The summed E-state index contributed by atoms with van der Waals surface area (Å²) in [6, 6.07) is 0. The molecule has 72 valence electrons. The van der Waals surface area contributed by atoms with Crippen molar-refractivity contribution in [1.82, 2.24) is 0 Å². The molecule has 2 unspecified atom stereocenters. The van der Waals surface area contributed by atoms with Gasteiger partial charge in [-0.05, 0) is 27.7 Å². The summed E-state index contributed by atoms with van der Waals surface area (Å²) >= 11 is 0. The zero-order valence-corrected chi connectivity index (χ0v) is 8.16. The number of hydrogen-bond donors (Lipinski definition) is 2. The molecule has 0 saturated carbocycles. The van der Waals surface area contributed by atoms with Crippen molar-refractivity contribution < 1.29 is 14.9 Å². The number of ether oxygens (including phenoxy) is 1. The molecule has 0 aromatic heterocycles. The molecule has 1 fully saturated rings. The molecule has 2 atom stereocenters. The van der Waals surface area contributed by atoms with E-state index in [4.69, 9.17) is 9.84 Å². The summed E-state index contributed by atoms with van der Waals surface area (Å²) in [5.41, 5.74) is -0.978. The first-order chi connectivity index (χ1) is 5.31. The van der Waals surface area contributed by atoms with E-state index in [2.05, 4.69) is 0 Å². The van der Waals surface area contributed by atoms with Crippen LogP contribution in [0.25, 0.3) is 0 Å². The first kappa shape index (κ1) is 9.96. The molecular formula is C9H18O3. The standard InChI is InChI=1S/C9H18O3/c1-8(2)6(5-10)7(11)9(3,4)12-8/h6-7,10-11H,5H2,1-4H3. The molecule has 0 spiro atoms. The molecule has 0 bridgehead atoms. The Kier molecular flexibility index (Phi) is 2.23. The third-order valence-electron chi connectivity index (χ3n) is 2.71. The summed E-state index contributed by atoms with van der Waals surface area (Å²) in [5, 5.41) is 18.8. The molecular weight excluding hydrogens is 156 g/mol. The van der Waals surface area contributed by atoms with E-state index in [9.17, 15) is 5.11 Å². The van der Waals surface area contributed by atoms with Gasteiger partial charge in [-0.15, -0.1) is 0 Å². The lowest BCUT2D eigenvalue weighted by Crippen LogP contribution is -2.37. The molecule has 1 aliphatic heterocycles. The topological polar surface area (TPSA) is 49.7 Å². The van der Waals surface area contributed by atoms with Crippen molar-refractivity contribution in [1.29, 1.82) is 0 Å². The van der Waals surface area contributed by atoms with E-state index in [0.717, 1.165) is 0 Å². The first-order valence-corrected chi connectivity index (χ1v) is 4.30. The van der Waals surface area contributed by atoms with Crippen molar-refractivity contribution >= 4 is 0 Å². The normalized spacial score (nSPS) is 38.5. The highest BCUT2D eigenvalue weighted by molar-refractivity contribution is 5.00. The summed E-state index contributed by atoms with van der Waals surface area (Å²) in [6.07, 6.45) is -0.586. The first-order valence-electron chi connectivity index (χ1n) is 4.30. The van der Waals surface area contributed by atoms with Crippen LogP contribution in [0, 0.1) is 5.92 Å². The van der Waals surface area contributed by atoms with Gasteiger partial charge in [-0.3, -0.25) is 0 Å². The van der Waals surface area contributed by atoms with Gasteiger partial charge < -0.3 is 14.9 Å². The Morgan fingerprint density at radius 1 is 1.17 bits per heavy atom. The Morgan fingerprint density at radius 2 is 1.67 bits per heavy atom. The maximum Gasteiger partial charge on any atom is 0.0902 e. The highest BCUT2D eigenvalue weighted by Gasteiger charge is 2.52. The van der Waals surface area contributed by atoms with Gasteiger partial charge in [0.2, 0.25) is 0 Å². The van der Waals surface area contributed by atoms with Crippen LogP contribution in [-0.4, -0.2) is 34.1 Å². The molecule has 0 aliphatic carbocycles. The Bertz CT molecular complexity index is 175. The quantitative estimate of drug-likeness (QED) is 0.610. The smallest absolute Gasteiger partial charge is 0.0902 e. The van der Waals surface area contributed by atoms with Gasteiger partial charge >= 0.3 is 0 Å². The maximum absolute atomic E-state index is 9.77. The van der Waals surface area contributed by atoms with E-state index in [-0.39, 0.29) is 12.5 Å². The fraction of sp³-hybridized carbons (Fsp3) is 1.00. The van der Waals surface area contributed by atoms with Crippen molar-refractivity contribution in [3.63, 3.8) is 0 Å². The molecule has 1 saturated heterocycles. The Labute approximate surface area is 73.4 Å². The fourth-order valence-electron chi connectivity index (χ4n) is 2.00. The lowest BCUT2D eigenvalue weighted by Gasteiger charge is -2.25. The minimum absolute atomic E-state index is 0.0302. The van der Waals surface area contributed by atoms with Crippen molar-refractivity contribution in [3.8, 4) is 0 Å². The monoisotopic (exact) mass is 174 g/mol. The van der Waals surface area contributed by atoms with Crippen LogP contribution in [0.3, 0.4) is 0 Å². The SMILES string of the molecule is CC1(C)OC(C)(C)C(CO)C1O. The Morgan fingerprint density at radius 3 is 1.83 bits per heavy atom. The molecule has 3 nitrogen and oxygen atoms in total. The molecule has 1 rings (SSSR count). The molecule has 0 aromatic rings. The summed E-state index contributed by atoms with van der Waals surface area (Å²) < 4.78 is 5.64. The van der Waals surface area contributed by atoms with Crippen molar-refractivity contribution in [2.75, 3.05) is 6.61 Å². The van der Waals surface area contributed by atoms with Gasteiger partial charge in [-0.2, -0.15) is 0 Å². The van der Waals surface area contributed by atoms with Gasteiger partial charge in [0.15, 0.2) is 0 Å². The van der Waals surface area contributed by atoms with Crippen LogP contribution >= 0.6 is 0 Å². The van der Waals surface area contributed by atoms with Crippen LogP contribution in [0.5, 0.6) is 0 Å². The van der Waals surface area contributed by atoms with E-state index in [1.54, 1.807) is 0 Å². The van der Waals surface area contributed by atoms with Gasteiger partial charge in [-0.25, -0.2) is 0 Å². The van der Waals surface area contributed by atoms with Crippen LogP contribution in [0.1, 0.15) is 27.7 Å². The van der Waals surface area contributed by atoms with Crippen molar-refractivity contribution in [2.24, 2.45) is 5.92 Å². The molecule has 2 N–H and O–H groups in total. The minimum Gasteiger partial charge on any atom is -0.396 e. The molecule has 1 heterocycles. The van der Waals surface area contributed by atoms with Crippen LogP contribution in [0.4, 0.5) is 0 Å². The lowest BCUT2D eigenvalue weighted by atomic mass is 9.85. The third-order valence-corrected chi connectivity index (χ3v) is 2.71. The molecule has 0 amide bonds. The average molecular weight is 174 g/mol. The Balaban J connectivity index is 2.88. The number of hydrogen-bond acceptors (Lipinski definition) is 3. The molecule has 1 aliphatic rings. The number of aliphatic hydroxyl groups excluding tert-OH is 2. The highest BCUT2D eigenvalue weighted by atomic mass is 16.5. The van der Waals surface area contributed by atoms with E-state index in [0.29, 0.717) is 0 Å². The van der Waals surface area contributed by atoms with Gasteiger partial charge in [0.1, 0.15) is 0 Å². The fourth-order valence-corrected chi connectivity index (χ4v) is 2.00. The molecule has 3 heteroatoms. The van der Waals surface area contributed by atoms with Gasteiger partial charge in [0.05, 0.1) is 23.9 Å². The van der Waals surface area contributed by atoms with Crippen molar-refractivity contribution in [3.05, 3.63) is 0 Å². The highest BCUT2D eigenvalue weighted by Crippen LogP contribution is 2.41. The minimum atomic E-state index is -0.586. The zero-order chi connectivity index (χ0) is 9.57. The van der Waals surface area contributed by atoms with Crippen LogP contribution in [-0.2, 0) is 4.74 Å². The predicted octanol–water partition coefficient (Wildman–Crippen LogP) is 0.543. The summed E-state index contributed by atoms with van der Waals surface area (Å²) in [5.74, 6) is -0.188. The van der Waals surface area contributed by atoms with Crippen molar-refractivity contribution in [2.45, 2.75) is 45.0 Å². The van der Waals surface area contributed by atoms with Gasteiger partial charge in [-0.1, -0.05) is 0 Å². The second kappa shape index (κ2) is 2.69. The molecule has 0 aromatic carbocycles. The molecule has 12 heavy (non-hydrogen) atoms. The van der Waals surface area contributed by atoms with E-state index in [1.165, 1.54) is 0 Å². The third kappa shape index (κ3) is 1.37. The van der Waals surface area contributed by atoms with Gasteiger partial charge in [0.25, 0.3) is 0 Å². The van der Waals surface area contributed by atoms with Crippen LogP contribution in [0.2, 0.25) is 0 Å². The van der Waals surface area contributed by atoms with Crippen LogP contribution < -0.4 is 0 Å². The summed E-state index contributed by atoms with van der Waals surface area (Å²) in [4.78, 5) is 0. The van der Waals surface area contributed by atoms with E-state index >= 15 is 0 Å². The van der Waals surface area contributed by atoms with Crippen LogP contribution in [0.15, 0.2) is 0 Å². The maximum atomic E-state index is 9.77. The second-order valence-corrected chi connectivity index (χ2v) is 4.54. The largest absolute Gasteiger partial charge is 0.396 e. The Hall–Kier alpha value is -0.120.